The number of thiol groups is 1. The first-order valence-electron chi connectivity index (χ1n) is 2.56. The summed E-state index contributed by atoms with van der Waals surface area (Å²) in [5.74, 6) is -0.0424. The van der Waals surface area contributed by atoms with Gasteiger partial charge in [0.1, 0.15) is 9.84 Å². The minimum atomic E-state index is -2.97. The fourth-order valence-electron chi connectivity index (χ4n) is 0.343. The highest BCUT2D eigenvalue weighted by molar-refractivity contribution is 7.96. The summed E-state index contributed by atoms with van der Waals surface area (Å²) in [6.07, 6.45) is 1.11. The molecule has 0 aliphatic rings. The molecule has 0 atom stereocenters. The van der Waals surface area contributed by atoms with Crippen molar-refractivity contribution in [3.63, 3.8) is 0 Å². The molecule has 0 unspecified atom stereocenters. The van der Waals surface area contributed by atoms with E-state index in [0.717, 1.165) is 6.26 Å². The van der Waals surface area contributed by atoms with Gasteiger partial charge in [0, 0.05) is 12.8 Å². The quantitative estimate of drug-likeness (QED) is 0.589. The van der Waals surface area contributed by atoms with E-state index in [0.29, 0.717) is 0 Å². The third kappa shape index (κ3) is 7.77. The van der Waals surface area contributed by atoms with Gasteiger partial charge in [0.25, 0.3) is 5.24 Å². The van der Waals surface area contributed by atoms with Crippen molar-refractivity contribution in [1.29, 1.82) is 0 Å². The molecule has 60 valence electrons. The Labute approximate surface area is 65.3 Å². The molecule has 0 rings (SSSR count). The van der Waals surface area contributed by atoms with E-state index in [4.69, 9.17) is 0 Å². The summed E-state index contributed by atoms with van der Waals surface area (Å²) in [7, 11) is -2.97. The molecule has 0 bridgehead atoms. The molecule has 0 saturated carbocycles. The lowest BCUT2D eigenvalue weighted by molar-refractivity contribution is 0.261. The van der Waals surface area contributed by atoms with Crippen molar-refractivity contribution in [2.45, 2.75) is 0 Å². The van der Waals surface area contributed by atoms with Gasteiger partial charge in [0.05, 0.1) is 5.75 Å². The zero-order valence-electron chi connectivity index (χ0n) is 5.49. The molecule has 0 aromatic heterocycles. The van der Waals surface area contributed by atoms with Crippen LogP contribution in [0.4, 0.5) is 4.79 Å². The van der Waals surface area contributed by atoms with Crippen molar-refractivity contribution in [1.82, 2.24) is 5.32 Å². The zero-order chi connectivity index (χ0) is 8.20. The molecule has 0 aliphatic carbocycles. The van der Waals surface area contributed by atoms with Crippen molar-refractivity contribution in [3.8, 4) is 0 Å². The number of carbonyl (C=O) groups is 1. The largest absolute Gasteiger partial charge is 0.346 e. The van der Waals surface area contributed by atoms with Crippen LogP contribution in [0.5, 0.6) is 0 Å². The van der Waals surface area contributed by atoms with Crippen LogP contribution in [0.1, 0.15) is 0 Å². The van der Waals surface area contributed by atoms with Crippen molar-refractivity contribution >= 4 is 27.7 Å². The SMILES string of the molecule is CS(=O)(=O)CCNC(=O)S. The second-order valence-electron chi connectivity index (χ2n) is 1.86. The highest BCUT2D eigenvalue weighted by Crippen LogP contribution is 1.81. The Morgan fingerprint density at radius 3 is 2.40 bits per heavy atom. The summed E-state index contributed by atoms with van der Waals surface area (Å²) in [4.78, 5) is 10.1. The van der Waals surface area contributed by atoms with Gasteiger partial charge in [-0.15, -0.1) is 0 Å². The van der Waals surface area contributed by atoms with Crippen molar-refractivity contribution in [3.05, 3.63) is 0 Å². The van der Waals surface area contributed by atoms with Gasteiger partial charge >= 0.3 is 0 Å². The summed E-state index contributed by atoms with van der Waals surface area (Å²) < 4.78 is 20.9. The van der Waals surface area contributed by atoms with Gasteiger partial charge in [-0.1, -0.05) is 12.6 Å². The monoisotopic (exact) mass is 183 g/mol. The van der Waals surface area contributed by atoms with Crippen LogP contribution in [-0.2, 0) is 9.84 Å². The lowest BCUT2D eigenvalue weighted by atomic mass is 10.8. The third-order valence-corrected chi connectivity index (χ3v) is 1.85. The van der Waals surface area contributed by atoms with E-state index in [2.05, 4.69) is 17.9 Å². The van der Waals surface area contributed by atoms with E-state index >= 15 is 0 Å². The fraction of sp³-hybridized carbons (Fsp3) is 0.750. The first-order valence-corrected chi connectivity index (χ1v) is 5.07. The summed E-state index contributed by atoms with van der Waals surface area (Å²) in [6.45, 7) is 0.126. The smallest absolute Gasteiger partial charge is 0.276 e. The van der Waals surface area contributed by atoms with Crippen LogP contribution in [-0.4, -0.2) is 32.2 Å². The van der Waals surface area contributed by atoms with Crippen molar-refractivity contribution in [2.75, 3.05) is 18.6 Å². The number of carbonyl (C=O) groups excluding carboxylic acids is 1. The third-order valence-electron chi connectivity index (χ3n) is 0.749. The first-order chi connectivity index (χ1) is 4.42. The maximum Gasteiger partial charge on any atom is 0.276 e. The number of amides is 1. The molecular formula is C4H9NO3S2. The predicted octanol–water partition coefficient (Wildman–Crippen LogP) is -0.330. The molecule has 0 aromatic rings. The Balaban J connectivity index is 3.49. The number of rotatable bonds is 3. The topological polar surface area (TPSA) is 63.2 Å². The van der Waals surface area contributed by atoms with Crippen LogP contribution in [0.2, 0.25) is 0 Å². The highest BCUT2D eigenvalue weighted by atomic mass is 32.2. The maximum atomic E-state index is 10.4. The molecule has 0 spiro atoms. The Hall–Kier alpha value is -0.230. The molecule has 1 N–H and O–H groups in total. The van der Waals surface area contributed by atoms with Crippen LogP contribution in [0, 0.1) is 0 Å². The molecule has 4 nitrogen and oxygen atoms in total. The Kier molecular flexibility index (Phi) is 3.73. The minimum absolute atomic E-state index is 0.0424. The van der Waals surface area contributed by atoms with Gasteiger partial charge in [-0.2, -0.15) is 0 Å². The molecule has 0 saturated heterocycles. The summed E-state index contributed by atoms with van der Waals surface area (Å²) in [5, 5.41) is 1.74. The van der Waals surface area contributed by atoms with E-state index < -0.39 is 15.1 Å². The van der Waals surface area contributed by atoms with Crippen LogP contribution >= 0.6 is 12.6 Å². The number of nitrogens with one attached hydrogen (secondary N) is 1. The Morgan fingerprint density at radius 2 is 2.10 bits per heavy atom. The number of sulfone groups is 1. The van der Waals surface area contributed by atoms with Crippen molar-refractivity contribution < 1.29 is 13.2 Å². The van der Waals surface area contributed by atoms with Gasteiger partial charge < -0.3 is 5.32 Å². The second kappa shape index (κ2) is 3.82. The number of hydrogen-bond acceptors (Lipinski definition) is 3. The van der Waals surface area contributed by atoms with E-state index in [-0.39, 0.29) is 12.3 Å². The summed E-state index contributed by atoms with van der Waals surface area (Å²) in [6, 6.07) is 0. The Morgan fingerprint density at radius 1 is 1.60 bits per heavy atom. The summed E-state index contributed by atoms with van der Waals surface area (Å²) >= 11 is 3.38. The summed E-state index contributed by atoms with van der Waals surface area (Å²) in [5.41, 5.74) is 0. The van der Waals surface area contributed by atoms with Gasteiger partial charge in [-0.3, -0.25) is 4.79 Å². The molecule has 0 aliphatic heterocycles. The van der Waals surface area contributed by atoms with Crippen LogP contribution in [0.15, 0.2) is 0 Å². The molecule has 10 heavy (non-hydrogen) atoms. The van der Waals surface area contributed by atoms with Crippen LogP contribution < -0.4 is 5.32 Å². The zero-order valence-corrected chi connectivity index (χ0v) is 7.21. The van der Waals surface area contributed by atoms with E-state index in [1.165, 1.54) is 0 Å². The molecule has 0 radical (unpaired) electrons. The fourth-order valence-corrected chi connectivity index (χ4v) is 0.928. The van der Waals surface area contributed by atoms with Gasteiger partial charge in [-0.25, -0.2) is 8.42 Å². The van der Waals surface area contributed by atoms with Gasteiger partial charge in [-0.05, 0) is 0 Å². The predicted molar refractivity (Wildman–Crippen MR) is 42.1 cm³/mol. The van der Waals surface area contributed by atoms with Crippen molar-refractivity contribution in [2.24, 2.45) is 0 Å². The molecule has 0 aromatic carbocycles. The lowest BCUT2D eigenvalue weighted by Crippen LogP contribution is -2.24. The van der Waals surface area contributed by atoms with Gasteiger partial charge in [0.2, 0.25) is 0 Å². The van der Waals surface area contributed by atoms with Crippen LogP contribution in [0.3, 0.4) is 0 Å². The standard InChI is InChI=1S/C4H9NO3S2/c1-10(7,8)3-2-5-4(6)9/h2-3H2,1H3,(H2,5,6,9). The van der Waals surface area contributed by atoms with E-state index in [9.17, 15) is 13.2 Å². The molecule has 1 amide bonds. The highest BCUT2D eigenvalue weighted by Gasteiger charge is 2.00. The molecule has 6 heteroatoms. The first kappa shape index (κ1) is 9.77. The Bertz CT molecular complexity index is 209. The number of hydrogen-bond donors (Lipinski definition) is 2. The molecule has 0 heterocycles. The average molecular weight is 183 g/mol. The van der Waals surface area contributed by atoms with E-state index in [1.807, 2.05) is 0 Å². The maximum absolute atomic E-state index is 10.4. The van der Waals surface area contributed by atoms with E-state index in [1.54, 1.807) is 0 Å². The molecule has 0 fully saturated rings. The minimum Gasteiger partial charge on any atom is -0.346 e. The second-order valence-corrected chi connectivity index (χ2v) is 4.53. The average Bonchev–Trinajstić information content (AvgIpc) is 1.59. The van der Waals surface area contributed by atoms with Crippen LogP contribution in [0.25, 0.3) is 0 Å². The normalized spacial score (nSPS) is 11.0. The molecular weight excluding hydrogens is 174 g/mol. The van der Waals surface area contributed by atoms with Gasteiger partial charge in [0.15, 0.2) is 0 Å². The lowest BCUT2D eigenvalue weighted by Gasteiger charge is -1.97.